The second-order valence-corrected chi connectivity index (χ2v) is 25.0. The molecule has 1 saturated heterocycles. The zero-order chi connectivity index (χ0) is 61.4. The number of allylic oxidation sites excluding steroid dienone is 13. The minimum Gasteiger partial charge on any atom is -0.394 e. The first-order valence-electron chi connectivity index (χ1n) is 36.3. The van der Waals surface area contributed by atoms with Gasteiger partial charge in [-0.05, 0) is 77.0 Å². The summed E-state index contributed by atoms with van der Waals surface area (Å²) in [6.07, 6.45) is 85.6. The lowest BCUT2D eigenvalue weighted by atomic mass is 9.99. The number of hydrogen-bond acceptors (Lipinski definition) is 8. The Morgan fingerprint density at radius 3 is 1.13 bits per heavy atom. The average Bonchev–Trinajstić information content (AvgIpc) is 3.71. The van der Waals surface area contributed by atoms with Crippen molar-refractivity contribution in [1.29, 1.82) is 0 Å². The van der Waals surface area contributed by atoms with Crippen LogP contribution in [-0.4, -0.2) is 87.5 Å². The van der Waals surface area contributed by atoms with Gasteiger partial charge in [0.15, 0.2) is 6.29 Å². The van der Waals surface area contributed by atoms with Crippen LogP contribution in [0.25, 0.3) is 0 Å². The topological polar surface area (TPSA) is 149 Å². The fourth-order valence-electron chi connectivity index (χ4n) is 11.3. The molecule has 85 heavy (non-hydrogen) atoms. The van der Waals surface area contributed by atoms with Gasteiger partial charge in [0.1, 0.15) is 24.4 Å². The predicted octanol–water partition coefficient (Wildman–Crippen LogP) is 20.1. The summed E-state index contributed by atoms with van der Waals surface area (Å²) in [4.78, 5) is 13.1. The molecule has 7 atom stereocenters. The monoisotopic (exact) mass is 1190 g/mol. The van der Waals surface area contributed by atoms with Crippen LogP contribution in [0.15, 0.2) is 85.1 Å². The van der Waals surface area contributed by atoms with Crippen molar-refractivity contribution in [3.8, 4) is 0 Å². The van der Waals surface area contributed by atoms with Crippen LogP contribution >= 0.6 is 0 Å². The molecular weight excluding hydrogens is 1050 g/mol. The first-order valence-corrected chi connectivity index (χ1v) is 36.3. The maximum atomic E-state index is 13.1. The molecule has 1 aliphatic rings. The predicted molar refractivity (Wildman–Crippen MR) is 364 cm³/mol. The van der Waals surface area contributed by atoms with Gasteiger partial charge in [-0.15, -0.1) is 0 Å². The third-order valence-corrected chi connectivity index (χ3v) is 17.0. The Bertz CT molecular complexity index is 1620. The molecule has 9 heteroatoms. The highest BCUT2D eigenvalue weighted by atomic mass is 16.7. The number of rotatable bonds is 63. The average molecular weight is 1190 g/mol. The van der Waals surface area contributed by atoms with Crippen molar-refractivity contribution in [2.24, 2.45) is 0 Å². The molecule has 1 fully saturated rings. The van der Waals surface area contributed by atoms with Crippen molar-refractivity contribution in [2.45, 2.75) is 378 Å². The van der Waals surface area contributed by atoms with Crippen LogP contribution in [0.5, 0.6) is 0 Å². The zero-order valence-corrected chi connectivity index (χ0v) is 55.4. The Morgan fingerprint density at radius 1 is 0.412 bits per heavy atom. The Hall–Kier alpha value is -2.63. The fraction of sp³-hybridized carbons (Fsp3) is 0.803. The van der Waals surface area contributed by atoms with Crippen LogP contribution < -0.4 is 5.32 Å². The van der Waals surface area contributed by atoms with Crippen molar-refractivity contribution in [3.05, 3.63) is 85.1 Å². The van der Waals surface area contributed by atoms with Gasteiger partial charge in [0.25, 0.3) is 0 Å². The Morgan fingerprint density at radius 2 is 0.741 bits per heavy atom. The van der Waals surface area contributed by atoms with E-state index in [1.54, 1.807) is 6.08 Å². The van der Waals surface area contributed by atoms with Crippen LogP contribution in [0, 0.1) is 0 Å². The van der Waals surface area contributed by atoms with E-state index < -0.39 is 49.5 Å². The molecule has 1 heterocycles. The SMILES string of the molecule is CC/C=C\C/C=C\C/C=C\C/C=C\C/C=C\CCCCCCCCCCCCCCCCCCCCCC(=O)NC(COC1OC(CO)C(O)C(O)C1O)C(O)/C=C/CC/C=C/CCCCCCCCCCCCCCCCCCCCCCC. The van der Waals surface area contributed by atoms with E-state index in [4.69, 9.17) is 9.47 Å². The van der Waals surface area contributed by atoms with Gasteiger partial charge < -0.3 is 40.3 Å². The van der Waals surface area contributed by atoms with E-state index in [1.165, 1.54) is 244 Å². The van der Waals surface area contributed by atoms with Crippen LogP contribution in [0.1, 0.15) is 335 Å². The molecule has 7 unspecified atom stereocenters. The largest absolute Gasteiger partial charge is 0.394 e. The van der Waals surface area contributed by atoms with Crippen LogP contribution in [0.4, 0.5) is 0 Å². The maximum absolute atomic E-state index is 13.1. The Labute approximate surface area is 524 Å². The number of aliphatic hydroxyl groups is 5. The highest BCUT2D eigenvalue weighted by molar-refractivity contribution is 5.76. The molecule has 1 aliphatic heterocycles. The quantitative estimate of drug-likeness (QED) is 0.0261. The molecular formula is C76H137NO8. The second-order valence-electron chi connectivity index (χ2n) is 25.0. The molecule has 0 aliphatic carbocycles. The zero-order valence-electron chi connectivity index (χ0n) is 55.4. The number of amides is 1. The van der Waals surface area contributed by atoms with E-state index in [0.717, 1.165) is 70.6 Å². The van der Waals surface area contributed by atoms with Crippen molar-refractivity contribution < 1.29 is 39.8 Å². The Balaban J connectivity index is 2.12. The number of nitrogens with one attached hydrogen (secondary N) is 1. The van der Waals surface area contributed by atoms with E-state index in [2.05, 4.69) is 92.1 Å². The standard InChI is InChI=1S/C76H137NO8/c1-3-5-7-9-11-13-15-17-19-21-23-25-27-29-31-32-33-34-35-36-37-38-40-42-44-46-48-50-52-54-56-58-60-62-64-66-72(80)77-69(68-84-76-75(83)74(82)73(81)71(67-78)85-76)70(79)65-63-61-59-57-55-53-51-49-47-45-43-41-39-30-28-26-24-22-20-18-16-14-12-10-8-6-4-2/h5,7,11,13,17,19,23,25,29,31,55,57,63,65,69-71,73-76,78-79,81-83H,3-4,6,8-10,12,14-16,18,20-22,24,26-28,30,32-54,56,58-62,64,66-68H2,1-2H3,(H,77,80)/b7-5-,13-11-,19-17-,25-23-,31-29-,57-55+,65-63+. The van der Waals surface area contributed by atoms with E-state index in [1.807, 2.05) is 6.08 Å². The summed E-state index contributed by atoms with van der Waals surface area (Å²) in [5.41, 5.74) is 0. The summed E-state index contributed by atoms with van der Waals surface area (Å²) in [7, 11) is 0. The van der Waals surface area contributed by atoms with Gasteiger partial charge in [0.2, 0.25) is 5.91 Å². The lowest BCUT2D eigenvalue weighted by Crippen LogP contribution is -2.60. The molecule has 0 aromatic carbocycles. The van der Waals surface area contributed by atoms with Gasteiger partial charge in [-0.2, -0.15) is 0 Å². The summed E-state index contributed by atoms with van der Waals surface area (Å²) in [5, 5.41) is 54.8. The molecule has 1 amide bonds. The number of carbonyl (C=O) groups excluding carboxylic acids is 1. The number of hydrogen-bond donors (Lipinski definition) is 6. The van der Waals surface area contributed by atoms with E-state index in [-0.39, 0.29) is 12.5 Å². The Kier molecular flexibility index (Phi) is 60.9. The summed E-state index contributed by atoms with van der Waals surface area (Å²) in [5.74, 6) is -0.183. The van der Waals surface area contributed by atoms with Gasteiger partial charge in [-0.3, -0.25) is 4.79 Å². The smallest absolute Gasteiger partial charge is 0.220 e. The lowest BCUT2D eigenvalue weighted by Gasteiger charge is -2.40. The number of unbranched alkanes of at least 4 members (excludes halogenated alkanes) is 41. The summed E-state index contributed by atoms with van der Waals surface area (Å²) < 4.78 is 11.3. The maximum Gasteiger partial charge on any atom is 0.220 e. The van der Waals surface area contributed by atoms with Crippen molar-refractivity contribution in [2.75, 3.05) is 13.2 Å². The van der Waals surface area contributed by atoms with Crippen LogP contribution in [-0.2, 0) is 14.3 Å². The van der Waals surface area contributed by atoms with E-state index in [0.29, 0.717) is 6.42 Å². The van der Waals surface area contributed by atoms with Crippen LogP contribution in [0.3, 0.4) is 0 Å². The minimum atomic E-state index is -1.58. The highest BCUT2D eigenvalue weighted by Crippen LogP contribution is 2.23. The molecule has 1 rings (SSSR count). The number of aliphatic hydroxyl groups excluding tert-OH is 5. The van der Waals surface area contributed by atoms with Gasteiger partial charge in [-0.1, -0.05) is 336 Å². The molecule has 0 bridgehead atoms. The minimum absolute atomic E-state index is 0.183. The fourth-order valence-corrected chi connectivity index (χ4v) is 11.3. The molecule has 6 N–H and O–H groups in total. The highest BCUT2D eigenvalue weighted by Gasteiger charge is 2.44. The molecule has 0 spiro atoms. The first-order chi connectivity index (χ1) is 41.8. The molecule has 0 radical (unpaired) electrons. The van der Waals surface area contributed by atoms with Gasteiger partial charge in [0.05, 0.1) is 25.4 Å². The molecule has 494 valence electrons. The summed E-state index contributed by atoms with van der Waals surface area (Å²) >= 11 is 0. The number of ether oxygens (including phenoxy) is 2. The molecule has 9 nitrogen and oxygen atoms in total. The van der Waals surface area contributed by atoms with Crippen LogP contribution in [0.2, 0.25) is 0 Å². The second kappa shape index (κ2) is 64.4. The normalized spacial score (nSPS) is 18.6. The molecule has 0 saturated carbocycles. The van der Waals surface area contributed by atoms with Crippen molar-refractivity contribution in [1.82, 2.24) is 5.32 Å². The van der Waals surface area contributed by atoms with Gasteiger partial charge >= 0.3 is 0 Å². The summed E-state index contributed by atoms with van der Waals surface area (Å²) in [6, 6.07) is -0.826. The lowest BCUT2D eigenvalue weighted by molar-refractivity contribution is -0.302. The van der Waals surface area contributed by atoms with E-state index >= 15 is 0 Å². The van der Waals surface area contributed by atoms with Crippen molar-refractivity contribution >= 4 is 5.91 Å². The summed E-state index contributed by atoms with van der Waals surface area (Å²) in [6.45, 7) is 3.69. The van der Waals surface area contributed by atoms with Crippen molar-refractivity contribution in [3.63, 3.8) is 0 Å². The third-order valence-electron chi connectivity index (χ3n) is 17.0. The van der Waals surface area contributed by atoms with Gasteiger partial charge in [-0.25, -0.2) is 0 Å². The molecule has 0 aromatic rings. The molecule has 0 aromatic heterocycles. The van der Waals surface area contributed by atoms with E-state index in [9.17, 15) is 30.3 Å². The number of carbonyl (C=O) groups is 1. The van der Waals surface area contributed by atoms with Gasteiger partial charge in [0, 0.05) is 6.42 Å². The first kappa shape index (κ1) is 80.4. The third kappa shape index (κ3) is 53.0.